The lowest BCUT2D eigenvalue weighted by Crippen LogP contribution is -2.16. The van der Waals surface area contributed by atoms with Crippen LogP contribution in [-0.2, 0) is 17.9 Å². The zero-order valence-electron chi connectivity index (χ0n) is 15.2. The Balaban J connectivity index is 1.95. The zero-order valence-corrected chi connectivity index (χ0v) is 16.7. The molecule has 26 heavy (non-hydrogen) atoms. The number of methoxy groups -OCH3 is 1. The Morgan fingerprint density at radius 1 is 1.08 bits per heavy atom. The molecule has 2 aromatic carbocycles. The Bertz CT molecular complexity index is 695. The highest BCUT2D eigenvalue weighted by Crippen LogP contribution is 2.37. The fraction of sp³-hybridized carbons (Fsp3) is 0.400. The predicted molar refractivity (Wildman–Crippen MR) is 107 cm³/mol. The first-order valence-electron chi connectivity index (χ1n) is 8.66. The molecule has 142 valence electrons. The van der Waals surface area contributed by atoms with Gasteiger partial charge in [-0.2, -0.15) is 0 Å². The minimum atomic E-state index is 0.367. The molecule has 0 heterocycles. The van der Waals surface area contributed by atoms with Crippen LogP contribution in [0.5, 0.6) is 11.5 Å². The van der Waals surface area contributed by atoms with E-state index < -0.39 is 0 Å². The Kier molecular flexibility index (Phi) is 9.06. The van der Waals surface area contributed by atoms with Crippen LogP contribution in [0.3, 0.4) is 0 Å². The fourth-order valence-electron chi connectivity index (χ4n) is 2.47. The summed E-state index contributed by atoms with van der Waals surface area (Å²) in [6.45, 7) is 5.47. The summed E-state index contributed by atoms with van der Waals surface area (Å²) in [6.07, 6.45) is 0.972. The predicted octanol–water partition coefficient (Wildman–Crippen LogP) is 5.10. The van der Waals surface area contributed by atoms with E-state index in [1.54, 1.807) is 7.11 Å². The Morgan fingerprint density at radius 3 is 2.65 bits per heavy atom. The van der Waals surface area contributed by atoms with Crippen LogP contribution < -0.4 is 14.8 Å². The highest BCUT2D eigenvalue weighted by atomic mass is 35.5. The monoisotopic (exact) mass is 397 g/mol. The van der Waals surface area contributed by atoms with Crippen molar-refractivity contribution in [2.45, 2.75) is 26.5 Å². The van der Waals surface area contributed by atoms with E-state index in [9.17, 15) is 0 Å². The van der Waals surface area contributed by atoms with Gasteiger partial charge in [-0.15, -0.1) is 0 Å². The molecule has 0 atom stereocenters. The van der Waals surface area contributed by atoms with Gasteiger partial charge in [0.15, 0.2) is 11.5 Å². The molecule has 4 nitrogen and oxygen atoms in total. The van der Waals surface area contributed by atoms with Crippen molar-refractivity contribution in [2.24, 2.45) is 0 Å². The second-order valence-electron chi connectivity index (χ2n) is 5.75. The van der Waals surface area contributed by atoms with Gasteiger partial charge in [-0.1, -0.05) is 35.3 Å². The van der Waals surface area contributed by atoms with Gasteiger partial charge in [0.2, 0.25) is 0 Å². The van der Waals surface area contributed by atoms with Crippen LogP contribution >= 0.6 is 23.2 Å². The number of rotatable bonds is 11. The van der Waals surface area contributed by atoms with Crippen LogP contribution in [0, 0.1) is 0 Å². The first-order valence-corrected chi connectivity index (χ1v) is 9.41. The van der Waals surface area contributed by atoms with E-state index in [-0.39, 0.29) is 0 Å². The molecular weight excluding hydrogens is 373 g/mol. The SMILES string of the molecule is CCOCCCNCc1cc(Cl)c(OCc2cccc(Cl)c2)c(OC)c1. The summed E-state index contributed by atoms with van der Waals surface area (Å²) in [4.78, 5) is 0. The summed E-state index contributed by atoms with van der Waals surface area (Å²) >= 11 is 12.4. The highest BCUT2D eigenvalue weighted by Gasteiger charge is 2.12. The van der Waals surface area contributed by atoms with Crippen molar-refractivity contribution in [3.8, 4) is 11.5 Å². The maximum Gasteiger partial charge on any atom is 0.180 e. The van der Waals surface area contributed by atoms with Crippen LogP contribution in [-0.4, -0.2) is 26.9 Å². The van der Waals surface area contributed by atoms with Gasteiger partial charge in [0, 0.05) is 24.8 Å². The summed E-state index contributed by atoms with van der Waals surface area (Å²) in [6, 6.07) is 11.4. The number of ether oxygens (including phenoxy) is 3. The normalized spacial score (nSPS) is 10.8. The Hall–Kier alpha value is -1.46. The molecule has 0 aliphatic heterocycles. The molecule has 0 bridgehead atoms. The maximum absolute atomic E-state index is 6.41. The van der Waals surface area contributed by atoms with Gasteiger partial charge in [0.1, 0.15) is 6.61 Å². The summed E-state index contributed by atoms with van der Waals surface area (Å²) in [7, 11) is 1.61. The molecule has 0 aliphatic rings. The molecule has 0 fully saturated rings. The lowest BCUT2D eigenvalue weighted by molar-refractivity contribution is 0.144. The topological polar surface area (TPSA) is 39.7 Å². The van der Waals surface area contributed by atoms with Crippen molar-refractivity contribution < 1.29 is 14.2 Å². The Morgan fingerprint density at radius 2 is 1.92 bits per heavy atom. The molecule has 6 heteroatoms. The van der Waals surface area contributed by atoms with Gasteiger partial charge in [0.05, 0.1) is 12.1 Å². The van der Waals surface area contributed by atoms with Crippen molar-refractivity contribution in [3.05, 3.63) is 57.6 Å². The van der Waals surface area contributed by atoms with Gasteiger partial charge in [-0.25, -0.2) is 0 Å². The van der Waals surface area contributed by atoms with Gasteiger partial charge in [0.25, 0.3) is 0 Å². The second-order valence-corrected chi connectivity index (χ2v) is 6.60. The number of halogens is 2. The maximum atomic E-state index is 6.41. The fourth-order valence-corrected chi connectivity index (χ4v) is 2.97. The van der Waals surface area contributed by atoms with Crippen molar-refractivity contribution in [1.29, 1.82) is 0 Å². The number of hydrogen-bond acceptors (Lipinski definition) is 4. The lowest BCUT2D eigenvalue weighted by Gasteiger charge is -2.15. The average molecular weight is 398 g/mol. The third-order valence-electron chi connectivity index (χ3n) is 3.74. The molecule has 0 amide bonds. The smallest absolute Gasteiger partial charge is 0.180 e. The van der Waals surface area contributed by atoms with E-state index >= 15 is 0 Å². The Labute approximate surface area is 165 Å². The van der Waals surface area contributed by atoms with E-state index in [1.165, 1.54) is 0 Å². The molecule has 1 N–H and O–H groups in total. The minimum absolute atomic E-state index is 0.367. The van der Waals surface area contributed by atoms with Crippen molar-refractivity contribution in [1.82, 2.24) is 5.32 Å². The molecule has 0 unspecified atom stereocenters. The summed E-state index contributed by atoms with van der Waals surface area (Å²) < 4.78 is 16.6. The van der Waals surface area contributed by atoms with Crippen molar-refractivity contribution >= 4 is 23.2 Å². The molecule has 0 radical (unpaired) electrons. The first-order chi connectivity index (χ1) is 12.6. The van der Waals surface area contributed by atoms with E-state index in [0.29, 0.717) is 34.7 Å². The molecule has 0 saturated carbocycles. The zero-order chi connectivity index (χ0) is 18.8. The van der Waals surface area contributed by atoms with E-state index in [4.69, 9.17) is 37.4 Å². The standard InChI is InChI=1S/C20H25Cl2NO3/c1-3-25-9-5-8-23-13-16-11-18(22)20(19(12-16)24-2)26-14-15-6-4-7-17(21)10-15/h4,6-7,10-12,23H,3,5,8-9,13-14H2,1-2H3. The molecular formula is C20H25Cl2NO3. The molecule has 0 saturated heterocycles. The van der Waals surface area contributed by atoms with E-state index in [1.807, 2.05) is 43.3 Å². The molecule has 0 aliphatic carbocycles. The van der Waals surface area contributed by atoms with E-state index in [0.717, 1.165) is 37.3 Å². The van der Waals surface area contributed by atoms with Crippen LogP contribution in [0.1, 0.15) is 24.5 Å². The third-order valence-corrected chi connectivity index (χ3v) is 4.25. The van der Waals surface area contributed by atoms with Gasteiger partial charge in [-0.05, 0) is 55.3 Å². The summed E-state index contributed by atoms with van der Waals surface area (Å²) in [5.74, 6) is 1.15. The summed E-state index contributed by atoms with van der Waals surface area (Å²) in [5, 5.41) is 4.57. The minimum Gasteiger partial charge on any atom is -0.493 e. The largest absolute Gasteiger partial charge is 0.493 e. The first kappa shape index (κ1) is 20.8. The summed E-state index contributed by atoms with van der Waals surface area (Å²) in [5.41, 5.74) is 2.01. The van der Waals surface area contributed by atoms with Crippen LogP contribution in [0.25, 0.3) is 0 Å². The van der Waals surface area contributed by atoms with Crippen LogP contribution in [0.4, 0.5) is 0 Å². The molecule has 2 aromatic rings. The van der Waals surface area contributed by atoms with Crippen molar-refractivity contribution in [2.75, 3.05) is 26.9 Å². The van der Waals surface area contributed by atoms with Gasteiger partial charge in [-0.3, -0.25) is 0 Å². The average Bonchev–Trinajstić information content (AvgIpc) is 2.63. The number of benzene rings is 2. The van der Waals surface area contributed by atoms with E-state index in [2.05, 4.69) is 5.32 Å². The molecule has 0 aromatic heterocycles. The number of hydrogen-bond donors (Lipinski definition) is 1. The highest BCUT2D eigenvalue weighted by molar-refractivity contribution is 6.32. The molecule has 2 rings (SSSR count). The second kappa shape index (κ2) is 11.3. The third kappa shape index (κ3) is 6.69. The van der Waals surface area contributed by atoms with Crippen LogP contribution in [0.2, 0.25) is 10.0 Å². The number of nitrogens with one attached hydrogen (secondary N) is 1. The quantitative estimate of drug-likeness (QED) is 0.535. The van der Waals surface area contributed by atoms with Crippen molar-refractivity contribution in [3.63, 3.8) is 0 Å². The van der Waals surface area contributed by atoms with Gasteiger partial charge < -0.3 is 19.5 Å². The molecule has 0 spiro atoms. The van der Waals surface area contributed by atoms with Gasteiger partial charge >= 0.3 is 0 Å². The lowest BCUT2D eigenvalue weighted by atomic mass is 10.2. The van der Waals surface area contributed by atoms with Crippen LogP contribution in [0.15, 0.2) is 36.4 Å².